The molecule has 3 aromatic rings. The minimum atomic E-state index is -0.0708. The van der Waals surface area contributed by atoms with Crippen molar-refractivity contribution in [2.75, 3.05) is 27.2 Å². The minimum Gasteiger partial charge on any atom is -0.460 e. The predicted octanol–water partition coefficient (Wildman–Crippen LogP) is 3.19. The number of amides is 1. The molecule has 5 nitrogen and oxygen atoms in total. The van der Waals surface area contributed by atoms with Gasteiger partial charge in [0.1, 0.15) is 11.5 Å². The lowest BCUT2D eigenvalue weighted by Gasteiger charge is -2.13. The van der Waals surface area contributed by atoms with Gasteiger partial charge in [-0.2, -0.15) is 0 Å². The highest BCUT2D eigenvalue weighted by atomic mass is 16.3. The third kappa shape index (κ3) is 3.94. The number of carbonyl (C=O) groups excluding carboxylic acids is 1. The van der Waals surface area contributed by atoms with Gasteiger partial charge in [0.2, 0.25) is 0 Å². The van der Waals surface area contributed by atoms with Crippen LogP contribution >= 0.6 is 0 Å². The molecule has 1 N–H and O–H groups in total. The van der Waals surface area contributed by atoms with Crippen LogP contribution in [0.2, 0.25) is 0 Å². The molecule has 0 bridgehead atoms. The van der Waals surface area contributed by atoms with Crippen molar-refractivity contribution in [2.24, 2.45) is 0 Å². The Morgan fingerprint density at radius 1 is 1.20 bits per heavy atom. The number of benzene rings is 1. The maximum Gasteiger partial charge on any atom is 0.268 e. The van der Waals surface area contributed by atoms with Crippen LogP contribution < -0.4 is 5.32 Å². The fraction of sp³-hybridized carbons (Fsp3) is 0.350. The molecule has 0 fully saturated rings. The fourth-order valence-corrected chi connectivity index (χ4v) is 3.00. The fourth-order valence-electron chi connectivity index (χ4n) is 3.00. The minimum absolute atomic E-state index is 0.0708. The van der Waals surface area contributed by atoms with Crippen LogP contribution in [0.3, 0.4) is 0 Å². The monoisotopic (exact) mass is 339 g/mol. The van der Waals surface area contributed by atoms with Gasteiger partial charge in [-0.05, 0) is 33.5 Å². The van der Waals surface area contributed by atoms with Crippen molar-refractivity contribution in [1.29, 1.82) is 0 Å². The van der Waals surface area contributed by atoms with Crippen LogP contribution in [-0.4, -0.2) is 42.6 Å². The van der Waals surface area contributed by atoms with Crippen LogP contribution in [0.1, 0.15) is 27.4 Å². The molecule has 0 saturated carbocycles. The molecule has 0 radical (unpaired) electrons. The van der Waals surface area contributed by atoms with Gasteiger partial charge in [0.25, 0.3) is 5.91 Å². The molecule has 0 aliphatic carbocycles. The van der Waals surface area contributed by atoms with E-state index in [-0.39, 0.29) is 5.91 Å². The quantitative estimate of drug-likeness (QED) is 0.750. The summed E-state index contributed by atoms with van der Waals surface area (Å²) in [5.41, 5.74) is 4.72. The van der Waals surface area contributed by atoms with E-state index in [1.165, 1.54) is 11.1 Å². The highest BCUT2D eigenvalue weighted by Gasteiger charge is 2.18. The van der Waals surface area contributed by atoms with Crippen molar-refractivity contribution >= 4 is 17.0 Å². The van der Waals surface area contributed by atoms with Crippen molar-refractivity contribution < 1.29 is 9.21 Å². The first-order valence-electron chi connectivity index (χ1n) is 8.52. The average Bonchev–Trinajstić information content (AvgIpc) is 3.04. The molecule has 5 heteroatoms. The summed E-state index contributed by atoms with van der Waals surface area (Å²) < 4.78 is 7.77. The molecule has 3 rings (SSSR count). The Hall–Kier alpha value is -2.53. The summed E-state index contributed by atoms with van der Waals surface area (Å²) in [5.74, 6) is 0.779. The Balaban J connectivity index is 1.92. The standard InChI is InChI=1S/C20H25N3O2/c1-14-6-5-7-16(10-14)13-23-17-11-15(2)25-19(17)12-18(23)20(24)21-8-9-22(3)4/h5-7,10-12H,8-9,13H2,1-4H3,(H,21,24). The summed E-state index contributed by atoms with van der Waals surface area (Å²) >= 11 is 0. The van der Waals surface area contributed by atoms with Gasteiger partial charge in [-0.15, -0.1) is 0 Å². The molecule has 1 amide bonds. The smallest absolute Gasteiger partial charge is 0.268 e. The highest BCUT2D eigenvalue weighted by Crippen LogP contribution is 2.25. The van der Waals surface area contributed by atoms with E-state index >= 15 is 0 Å². The van der Waals surface area contributed by atoms with E-state index in [9.17, 15) is 4.79 Å². The molecule has 132 valence electrons. The van der Waals surface area contributed by atoms with Crippen molar-refractivity contribution in [2.45, 2.75) is 20.4 Å². The van der Waals surface area contributed by atoms with Crippen LogP contribution in [0.5, 0.6) is 0 Å². The van der Waals surface area contributed by atoms with E-state index in [2.05, 4.69) is 30.4 Å². The Morgan fingerprint density at radius 3 is 2.72 bits per heavy atom. The number of hydrogen-bond donors (Lipinski definition) is 1. The number of hydrogen-bond acceptors (Lipinski definition) is 3. The highest BCUT2D eigenvalue weighted by molar-refractivity contribution is 5.97. The normalized spacial score (nSPS) is 11.4. The predicted molar refractivity (Wildman–Crippen MR) is 100 cm³/mol. The molecule has 0 spiro atoms. The third-order valence-corrected chi connectivity index (χ3v) is 4.21. The molecule has 0 aliphatic rings. The zero-order valence-electron chi connectivity index (χ0n) is 15.3. The summed E-state index contributed by atoms with van der Waals surface area (Å²) in [6.07, 6.45) is 0. The first-order valence-corrected chi connectivity index (χ1v) is 8.52. The molecule has 2 aromatic heterocycles. The van der Waals surface area contributed by atoms with Crippen LogP contribution in [0.4, 0.5) is 0 Å². The van der Waals surface area contributed by atoms with E-state index in [0.717, 1.165) is 23.4 Å². The Morgan fingerprint density at radius 2 is 2.00 bits per heavy atom. The van der Waals surface area contributed by atoms with Gasteiger partial charge in [-0.25, -0.2) is 0 Å². The van der Waals surface area contributed by atoms with Gasteiger partial charge < -0.3 is 19.2 Å². The summed E-state index contributed by atoms with van der Waals surface area (Å²) in [6.45, 7) is 6.06. The average molecular weight is 339 g/mol. The van der Waals surface area contributed by atoms with Crippen LogP contribution in [-0.2, 0) is 6.54 Å². The first kappa shape index (κ1) is 17.3. The maximum atomic E-state index is 12.7. The van der Waals surface area contributed by atoms with E-state index in [0.29, 0.717) is 18.8 Å². The van der Waals surface area contributed by atoms with Gasteiger partial charge in [0.15, 0.2) is 5.58 Å². The molecule has 0 unspecified atom stereocenters. The first-order chi connectivity index (χ1) is 11.9. The number of likely N-dealkylation sites (N-methyl/N-ethyl adjacent to an activating group) is 1. The summed E-state index contributed by atoms with van der Waals surface area (Å²) in [4.78, 5) is 14.7. The number of furan rings is 1. The maximum absolute atomic E-state index is 12.7. The molecule has 25 heavy (non-hydrogen) atoms. The van der Waals surface area contributed by atoms with Gasteiger partial charge in [-0.3, -0.25) is 4.79 Å². The lowest BCUT2D eigenvalue weighted by atomic mass is 10.1. The zero-order valence-corrected chi connectivity index (χ0v) is 15.3. The second-order valence-electron chi connectivity index (χ2n) is 6.77. The number of nitrogens with one attached hydrogen (secondary N) is 1. The molecular formula is C20H25N3O2. The van der Waals surface area contributed by atoms with Crippen molar-refractivity contribution in [3.8, 4) is 0 Å². The number of fused-ring (bicyclic) bond motifs is 1. The molecule has 2 heterocycles. The zero-order chi connectivity index (χ0) is 18.0. The SMILES string of the molecule is Cc1cccc(Cn2c(C(=O)NCCN(C)C)cc3oc(C)cc32)c1. The summed E-state index contributed by atoms with van der Waals surface area (Å²) in [7, 11) is 3.98. The van der Waals surface area contributed by atoms with Gasteiger partial charge in [-0.1, -0.05) is 29.8 Å². The van der Waals surface area contributed by atoms with Gasteiger partial charge >= 0.3 is 0 Å². The topological polar surface area (TPSA) is 50.4 Å². The van der Waals surface area contributed by atoms with Crippen molar-refractivity contribution in [1.82, 2.24) is 14.8 Å². The summed E-state index contributed by atoms with van der Waals surface area (Å²) in [5, 5.41) is 2.99. The molecule has 0 atom stereocenters. The van der Waals surface area contributed by atoms with Crippen molar-refractivity contribution in [3.05, 3.63) is 59.0 Å². The number of nitrogens with zero attached hydrogens (tertiary/aromatic N) is 2. The second kappa shape index (κ2) is 7.15. The number of aryl methyl sites for hydroxylation is 2. The lowest BCUT2D eigenvalue weighted by molar-refractivity contribution is 0.0942. The molecule has 0 saturated heterocycles. The number of aromatic nitrogens is 1. The van der Waals surface area contributed by atoms with E-state index in [1.807, 2.05) is 48.7 Å². The summed E-state index contributed by atoms with van der Waals surface area (Å²) in [6, 6.07) is 12.2. The Kier molecular flexibility index (Phi) is 4.95. The van der Waals surface area contributed by atoms with Crippen molar-refractivity contribution in [3.63, 3.8) is 0 Å². The van der Waals surface area contributed by atoms with Crippen LogP contribution in [0.25, 0.3) is 11.1 Å². The second-order valence-corrected chi connectivity index (χ2v) is 6.77. The molecule has 1 aromatic carbocycles. The van der Waals surface area contributed by atoms with E-state index in [4.69, 9.17) is 4.42 Å². The molecular weight excluding hydrogens is 314 g/mol. The third-order valence-electron chi connectivity index (χ3n) is 4.21. The van der Waals surface area contributed by atoms with Gasteiger partial charge in [0, 0.05) is 31.8 Å². The van der Waals surface area contributed by atoms with Gasteiger partial charge in [0.05, 0.1) is 5.52 Å². The molecule has 0 aliphatic heterocycles. The number of rotatable bonds is 6. The van der Waals surface area contributed by atoms with E-state index < -0.39 is 0 Å². The van der Waals surface area contributed by atoms with Crippen LogP contribution in [0.15, 0.2) is 40.8 Å². The largest absolute Gasteiger partial charge is 0.460 e. The lowest BCUT2D eigenvalue weighted by Crippen LogP contribution is -2.32. The number of carbonyl (C=O) groups is 1. The van der Waals surface area contributed by atoms with Crippen LogP contribution in [0, 0.1) is 13.8 Å². The van der Waals surface area contributed by atoms with E-state index in [1.54, 1.807) is 0 Å². The Labute approximate surface area is 148 Å². The Bertz CT molecular complexity index is 890.